The molecule has 1 aromatic rings. The van der Waals surface area contributed by atoms with Crippen molar-refractivity contribution in [2.75, 3.05) is 6.61 Å². The normalized spacial score (nSPS) is 17.9. The summed E-state index contributed by atoms with van der Waals surface area (Å²) in [4.78, 5) is 0. The molecule has 1 aliphatic rings. The summed E-state index contributed by atoms with van der Waals surface area (Å²) in [7, 11) is 0. The Kier molecular flexibility index (Phi) is 3.34. The molecule has 16 heavy (non-hydrogen) atoms. The topological polar surface area (TPSA) is 55.5 Å². The molecule has 1 fully saturated rings. The molecule has 3 nitrogen and oxygen atoms in total. The third-order valence-corrected chi connectivity index (χ3v) is 3.33. The molecule has 3 heteroatoms. The van der Waals surface area contributed by atoms with Gasteiger partial charge in [-0.3, -0.25) is 0 Å². The van der Waals surface area contributed by atoms with Crippen LogP contribution in [0, 0.1) is 5.92 Å². The summed E-state index contributed by atoms with van der Waals surface area (Å²) in [6, 6.07) is 5.50. The molecular formula is C13H19NO2. The highest BCUT2D eigenvalue weighted by atomic mass is 16.5. The molecule has 0 bridgehead atoms. The van der Waals surface area contributed by atoms with Gasteiger partial charge < -0.3 is 15.6 Å². The quantitative estimate of drug-likeness (QED) is 0.821. The fourth-order valence-electron chi connectivity index (χ4n) is 2.08. The average Bonchev–Trinajstić information content (AvgIpc) is 2.19. The summed E-state index contributed by atoms with van der Waals surface area (Å²) in [5.41, 5.74) is 7.24. The zero-order valence-corrected chi connectivity index (χ0v) is 9.65. The number of rotatable bonds is 4. The van der Waals surface area contributed by atoms with Crippen LogP contribution in [-0.2, 0) is 0 Å². The summed E-state index contributed by atoms with van der Waals surface area (Å²) in [6.07, 6.45) is 3.72. The molecule has 1 atom stereocenters. The van der Waals surface area contributed by atoms with E-state index in [-0.39, 0.29) is 11.8 Å². The largest absolute Gasteiger partial charge is 0.504 e. The number of hydrogen-bond donors (Lipinski definition) is 2. The Morgan fingerprint density at radius 3 is 2.81 bits per heavy atom. The highest BCUT2D eigenvalue weighted by Crippen LogP contribution is 2.38. The Morgan fingerprint density at radius 1 is 1.50 bits per heavy atom. The average molecular weight is 221 g/mol. The summed E-state index contributed by atoms with van der Waals surface area (Å²) >= 11 is 0. The fraction of sp³-hybridized carbons (Fsp3) is 0.538. The maximum absolute atomic E-state index is 9.59. The Balaban J connectivity index is 2.17. The van der Waals surface area contributed by atoms with Crippen LogP contribution in [0.1, 0.15) is 37.8 Å². The number of ether oxygens (including phenoxy) is 1. The van der Waals surface area contributed by atoms with E-state index >= 15 is 0 Å². The number of phenolic OH excluding ortho intramolecular Hbond substituents is 1. The summed E-state index contributed by atoms with van der Waals surface area (Å²) < 4.78 is 5.35. The van der Waals surface area contributed by atoms with Gasteiger partial charge >= 0.3 is 0 Å². The molecule has 88 valence electrons. The van der Waals surface area contributed by atoms with Crippen molar-refractivity contribution in [3.05, 3.63) is 23.8 Å². The molecule has 1 saturated carbocycles. The molecule has 0 radical (unpaired) electrons. The van der Waals surface area contributed by atoms with Crippen LogP contribution in [0.2, 0.25) is 0 Å². The molecule has 0 aromatic heterocycles. The van der Waals surface area contributed by atoms with E-state index in [9.17, 15) is 5.11 Å². The second kappa shape index (κ2) is 4.74. The number of benzene rings is 1. The maximum Gasteiger partial charge on any atom is 0.161 e. The lowest BCUT2D eigenvalue weighted by atomic mass is 9.77. The molecule has 0 saturated heterocycles. The number of aromatic hydroxyl groups is 1. The van der Waals surface area contributed by atoms with Crippen LogP contribution in [0.25, 0.3) is 0 Å². The maximum atomic E-state index is 9.59. The first-order valence-corrected chi connectivity index (χ1v) is 5.93. The lowest BCUT2D eigenvalue weighted by Gasteiger charge is -2.31. The first-order chi connectivity index (χ1) is 7.72. The van der Waals surface area contributed by atoms with E-state index in [2.05, 4.69) is 0 Å². The Bertz CT molecular complexity index is 361. The number of phenols is 1. The van der Waals surface area contributed by atoms with E-state index in [1.54, 1.807) is 6.07 Å². The van der Waals surface area contributed by atoms with Crippen LogP contribution < -0.4 is 10.5 Å². The molecule has 3 N–H and O–H groups in total. The van der Waals surface area contributed by atoms with E-state index in [0.717, 1.165) is 5.56 Å². The van der Waals surface area contributed by atoms with Crippen molar-refractivity contribution in [1.29, 1.82) is 0 Å². The van der Waals surface area contributed by atoms with Gasteiger partial charge in [0.1, 0.15) is 0 Å². The second-order valence-electron chi connectivity index (χ2n) is 4.38. The molecule has 0 spiro atoms. The highest BCUT2D eigenvalue weighted by Gasteiger charge is 2.25. The zero-order valence-electron chi connectivity index (χ0n) is 9.65. The van der Waals surface area contributed by atoms with E-state index in [4.69, 9.17) is 10.5 Å². The lowest BCUT2D eigenvalue weighted by molar-refractivity contribution is 0.263. The highest BCUT2D eigenvalue weighted by molar-refractivity contribution is 5.42. The lowest BCUT2D eigenvalue weighted by Crippen LogP contribution is -2.26. The van der Waals surface area contributed by atoms with Crippen molar-refractivity contribution in [3.8, 4) is 11.5 Å². The van der Waals surface area contributed by atoms with Gasteiger partial charge in [0.15, 0.2) is 11.5 Å². The predicted molar refractivity (Wildman–Crippen MR) is 63.5 cm³/mol. The van der Waals surface area contributed by atoms with Gasteiger partial charge in [0.2, 0.25) is 0 Å². The van der Waals surface area contributed by atoms with Crippen LogP contribution in [-0.4, -0.2) is 11.7 Å². The molecule has 0 heterocycles. The third-order valence-electron chi connectivity index (χ3n) is 3.33. The van der Waals surface area contributed by atoms with Crippen LogP contribution in [0.5, 0.6) is 11.5 Å². The number of nitrogens with two attached hydrogens (primary N) is 1. The monoisotopic (exact) mass is 221 g/mol. The summed E-state index contributed by atoms with van der Waals surface area (Å²) in [6.45, 7) is 2.45. The van der Waals surface area contributed by atoms with Crippen molar-refractivity contribution in [2.45, 2.75) is 32.2 Å². The smallest absolute Gasteiger partial charge is 0.161 e. The van der Waals surface area contributed by atoms with Crippen molar-refractivity contribution in [2.24, 2.45) is 11.7 Å². The molecular weight excluding hydrogens is 202 g/mol. The zero-order chi connectivity index (χ0) is 11.5. The van der Waals surface area contributed by atoms with Gasteiger partial charge in [-0.1, -0.05) is 12.5 Å². The molecule has 1 aromatic carbocycles. The van der Waals surface area contributed by atoms with E-state index in [0.29, 0.717) is 18.3 Å². The minimum absolute atomic E-state index is 0.0774. The minimum atomic E-state index is 0.0774. The predicted octanol–water partition coefficient (Wildman–Crippen LogP) is 2.59. The standard InChI is InChI=1S/C13H19NO2/c1-2-16-12-8-10(6-7-11(12)15)13(14)9-4-3-5-9/h6-9,13,15H,2-5,14H2,1H3/t13-/m0/s1. The Hall–Kier alpha value is -1.22. The van der Waals surface area contributed by atoms with E-state index < -0.39 is 0 Å². The Morgan fingerprint density at radius 2 is 2.25 bits per heavy atom. The van der Waals surface area contributed by atoms with Gasteiger partial charge in [-0.15, -0.1) is 0 Å². The van der Waals surface area contributed by atoms with Gasteiger partial charge in [0.25, 0.3) is 0 Å². The van der Waals surface area contributed by atoms with Crippen molar-refractivity contribution in [3.63, 3.8) is 0 Å². The van der Waals surface area contributed by atoms with Gasteiger partial charge in [-0.2, -0.15) is 0 Å². The Labute approximate surface area is 96.2 Å². The van der Waals surface area contributed by atoms with Crippen molar-refractivity contribution < 1.29 is 9.84 Å². The second-order valence-corrected chi connectivity index (χ2v) is 4.38. The minimum Gasteiger partial charge on any atom is -0.504 e. The van der Waals surface area contributed by atoms with E-state index in [1.807, 2.05) is 19.1 Å². The van der Waals surface area contributed by atoms with Crippen LogP contribution in [0.3, 0.4) is 0 Å². The van der Waals surface area contributed by atoms with Gasteiger partial charge in [-0.25, -0.2) is 0 Å². The fourth-order valence-corrected chi connectivity index (χ4v) is 2.08. The van der Waals surface area contributed by atoms with Crippen LogP contribution in [0.4, 0.5) is 0 Å². The molecule has 0 amide bonds. The summed E-state index contributed by atoms with van der Waals surface area (Å²) in [5.74, 6) is 1.32. The molecule has 1 aliphatic carbocycles. The third kappa shape index (κ3) is 2.14. The van der Waals surface area contributed by atoms with Gasteiger partial charge in [-0.05, 0) is 43.4 Å². The SMILES string of the molecule is CCOc1cc([C@@H](N)C2CCC2)ccc1O. The first kappa shape index (κ1) is 11.3. The molecule has 0 aliphatic heterocycles. The van der Waals surface area contributed by atoms with Crippen molar-refractivity contribution >= 4 is 0 Å². The van der Waals surface area contributed by atoms with Gasteiger partial charge in [0.05, 0.1) is 6.61 Å². The molecule has 0 unspecified atom stereocenters. The van der Waals surface area contributed by atoms with Crippen LogP contribution >= 0.6 is 0 Å². The molecule has 2 rings (SSSR count). The van der Waals surface area contributed by atoms with Gasteiger partial charge in [0, 0.05) is 6.04 Å². The van der Waals surface area contributed by atoms with Crippen LogP contribution in [0.15, 0.2) is 18.2 Å². The van der Waals surface area contributed by atoms with E-state index in [1.165, 1.54) is 19.3 Å². The summed E-state index contributed by atoms with van der Waals surface area (Å²) in [5, 5.41) is 9.59. The first-order valence-electron chi connectivity index (χ1n) is 5.93. The number of hydrogen-bond acceptors (Lipinski definition) is 3. The van der Waals surface area contributed by atoms with Crippen molar-refractivity contribution in [1.82, 2.24) is 0 Å².